The van der Waals surface area contributed by atoms with Crippen molar-refractivity contribution in [1.82, 2.24) is 10.2 Å². The number of nitrogens with one attached hydrogen (secondary N) is 1. The predicted molar refractivity (Wildman–Crippen MR) is 101 cm³/mol. The first kappa shape index (κ1) is 19.8. The standard InChI is InChI=1S/C20H29ClN2O2/c1-3-9-19(24)23(14-16-10-7-8-13-18(16)21)15(2)20(25)22-17-11-5-4-6-12-17/h7-8,10,13,15,17H,3-6,9,11-12,14H2,1-2H3,(H,22,25)/t15-/m0/s1. The molecule has 138 valence electrons. The molecule has 0 saturated heterocycles. The van der Waals surface area contributed by atoms with E-state index in [-0.39, 0.29) is 17.9 Å². The van der Waals surface area contributed by atoms with E-state index in [0.29, 0.717) is 18.0 Å². The molecular weight excluding hydrogens is 336 g/mol. The van der Waals surface area contributed by atoms with Crippen LogP contribution in [-0.4, -0.2) is 28.8 Å². The summed E-state index contributed by atoms with van der Waals surface area (Å²) >= 11 is 6.25. The van der Waals surface area contributed by atoms with Gasteiger partial charge in [0.15, 0.2) is 0 Å². The third-order valence-electron chi connectivity index (χ3n) is 4.88. The summed E-state index contributed by atoms with van der Waals surface area (Å²) in [6.45, 7) is 4.14. The van der Waals surface area contributed by atoms with E-state index < -0.39 is 6.04 Å². The quantitative estimate of drug-likeness (QED) is 0.783. The van der Waals surface area contributed by atoms with E-state index in [9.17, 15) is 9.59 Å². The maximum atomic E-state index is 12.7. The molecule has 2 amide bonds. The van der Waals surface area contributed by atoms with Gasteiger partial charge in [-0.05, 0) is 37.8 Å². The van der Waals surface area contributed by atoms with Crippen molar-refractivity contribution >= 4 is 23.4 Å². The van der Waals surface area contributed by atoms with E-state index in [4.69, 9.17) is 11.6 Å². The van der Waals surface area contributed by atoms with Crippen LogP contribution in [0, 0.1) is 0 Å². The van der Waals surface area contributed by atoms with Gasteiger partial charge in [0.05, 0.1) is 0 Å². The van der Waals surface area contributed by atoms with Crippen molar-refractivity contribution in [3.63, 3.8) is 0 Å². The SMILES string of the molecule is CCCC(=O)N(Cc1ccccc1Cl)[C@@H](C)C(=O)NC1CCCCC1. The van der Waals surface area contributed by atoms with Gasteiger partial charge in [0.1, 0.15) is 6.04 Å². The molecule has 0 spiro atoms. The monoisotopic (exact) mass is 364 g/mol. The Morgan fingerprint density at radius 1 is 1.24 bits per heavy atom. The van der Waals surface area contributed by atoms with Gasteiger partial charge in [-0.15, -0.1) is 0 Å². The molecule has 1 fully saturated rings. The second kappa shape index (κ2) is 9.81. The van der Waals surface area contributed by atoms with E-state index >= 15 is 0 Å². The molecular formula is C20H29ClN2O2. The minimum Gasteiger partial charge on any atom is -0.352 e. The van der Waals surface area contributed by atoms with E-state index in [2.05, 4.69) is 5.32 Å². The van der Waals surface area contributed by atoms with E-state index in [0.717, 1.165) is 37.7 Å². The number of carbonyl (C=O) groups is 2. The Balaban J connectivity index is 2.08. The van der Waals surface area contributed by atoms with Gasteiger partial charge in [-0.2, -0.15) is 0 Å². The van der Waals surface area contributed by atoms with Crippen molar-refractivity contribution in [3.8, 4) is 0 Å². The first-order valence-corrected chi connectivity index (χ1v) is 9.74. The van der Waals surface area contributed by atoms with Crippen molar-refractivity contribution in [2.24, 2.45) is 0 Å². The van der Waals surface area contributed by atoms with Crippen molar-refractivity contribution in [2.45, 2.75) is 77.4 Å². The molecule has 1 aromatic carbocycles. The first-order valence-electron chi connectivity index (χ1n) is 9.36. The zero-order valence-electron chi connectivity index (χ0n) is 15.3. The Kier molecular flexibility index (Phi) is 7.76. The maximum Gasteiger partial charge on any atom is 0.242 e. The van der Waals surface area contributed by atoms with Crippen LogP contribution in [0.15, 0.2) is 24.3 Å². The van der Waals surface area contributed by atoms with Gasteiger partial charge >= 0.3 is 0 Å². The third kappa shape index (κ3) is 5.74. The molecule has 1 saturated carbocycles. The Hall–Kier alpha value is -1.55. The van der Waals surface area contributed by atoms with E-state index in [1.165, 1.54) is 6.42 Å². The molecule has 1 aliphatic carbocycles. The molecule has 1 N–H and O–H groups in total. The second-order valence-electron chi connectivity index (χ2n) is 6.88. The maximum absolute atomic E-state index is 12.7. The van der Waals surface area contributed by atoms with E-state index in [1.54, 1.807) is 4.90 Å². The van der Waals surface area contributed by atoms with Crippen LogP contribution in [0.2, 0.25) is 5.02 Å². The van der Waals surface area contributed by atoms with Gasteiger partial charge in [0.25, 0.3) is 0 Å². The smallest absolute Gasteiger partial charge is 0.242 e. The van der Waals surface area contributed by atoms with Crippen LogP contribution < -0.4 is 5.32 Å². The summed E-state index contributed by atoms with van der Waals surface area (Å²) in [6, 6.07) is 7.22. The number of nitrogens with zero attached hydrogens (tertiary/aromatic N) is 1. The van der Waals surface area contributed by atoms with Crippen molar-refractivity contribution < 1.29 is 9.59 Å². The normalized spacial score (nSPS) is 16.3. The molecule has 0 aliphatic heterocycles. The molecule has 0 heterocycles. The first-order chi connectivity index (χ1) is 12.0. The van der Waals surface area contributed by atoms with Crippen LogP contribution in [0.3, 0.4) is 0 Å². The number of halogens is 1. The lowest BCUT2D eigenvalue weighted by Crippen LogP contribution is -2.50. The molecule has 0 radical (unpaired) electrons. The largest absolute Gasteiger partial charge is 0.352 e. The van der Waals surface area contributed by atoms with Crippen LogP contribution in [-0.2, 0) is 16.1 Å². The van der Waals surface area contributed by atoms with Gasteiger partial charge in [-0.1, -0.05) is 56.0 Å². The lowest BCUT2D eigenvalue weighted by atomic mass is 9.95. The number of carbonyl (C=O) groups excluding carboxylic acids is 2. The number of hydrogen-bond acceptors (Lipinski definition) is 2. The van der Waals surface area contributed by atoms with Crippen molar-refractivity contribution in [2.75, 3.05) is 0 Å². The molecule has 1 aliphatic rings. The molecule has 0 unspecified atom stereocenters. The molecule has 4 nitrogen and oxygen atoms in total. The van der Waals surface area contributed by atoms with E-state index in [1.807, 2.05) is 38.1 Å². The van der Waals surface area contributed by atoms with Crippen molar-refractivity contribution in [3.05, 3.63) is 34.9 Å². The molecule has 0 bridgehead atoms. The molecule has 5 heteroatoms. The predicted octanol–water partition coefficient (Wildman–Crippen LogP) is 4.31. The Labute approximate surface area is 155 Å². The fraction of sp³-hybridized carbons (Fsp3) is 0.600. The van der Waals surface area contributed by atoms with Gasteiger partial charge < -0.3 is 10.2 Å². The summed E-state index contributed by atoms with van der Waals surface area (Å²) in [6.07, 6.45) is 6.84. The average Bonchev–Trinajstić information content (AvgIpc) is 2.61. The zero-order chi connectivity index (χ0) is 18.2. The van der Waals surface area contributed by atoms with Crippen LogP contribution in [0.1, 0.15) is 64.4 Å². The second-order valence-corrected chi connectivity index (χ2v) is 7.29. The number of rotatable bonds is 7. The molecule has 25 heavy (non-hydrogen) atoms. The molecule has 1 aromatic rings. The summed E-state index contributed by atoms with van der Waals surface area (Å²) in [7, 11) is 0. The minimum atomic E-state index is -0.503. The Morgan fingerprint density at radius 2 is 1.92 bits per heavy atom. The van der Waals surface area contributed by atoms with Crippen LogP contribution in [0.25, 0.3) is 0 Å². The van der Waals surface area contributed by atoms with Crippen LogP contribution in [0.4, 0.5) is 0 Å². The van der Waals surface area contributed by atoms with Gasteiger partial charge in [0, 0.05) is 24.0 Å². The fourth-order valence-corrected chi connectivity index (χ4v) is 3.51. The lowest BCUT2D eigenvalue weighted by molar-refractivity contribution is -0.141. The summed E-state index contributed by atoms with van der Waals surface area (Å²) < 4.78 is 0. The van der Waals surface area contributed by atoms with Crippen LogP contribution in [0.5, 0.6) is 0 Å². The highest BCUT2D eigenvalue weighted by molar-refractivity contribution is 6.31. The summed E-state index contributed by atoms with van der Waals surface area (Å²) in [5.74, 6) is -0.0721. The lowest BCUT2D eigenvalue weighted by Gasteiger charge is -2.31. The highest BCUT2D eigenvalue weighted by Gasteiger charge is 2.27. The average molecular weight is 365 g/mol. The summed E-state index contributed by atoms with van der Waals surface area (Å²) in [5, 5.41) is 3.75. The topological polar surface area (TPSA) is 49.4 Å². The Bertz CT molecular complexity index is 585. The fourth-order valence-electron chi connectivity index (χ4n) is 3.32. The number of benzene rings is 1. The Morgan fingerprint density at radius 3 is 2.56 bits per heavy atom. The molecule has 2 rings (SSSR count). The molecule has 0 aromatic heterocycles. The van der Waals surface area contributed by atoms with Gasteiger partial charge in [0.2, 0.25) is 11.8 Å². The molecule has 1 atom stereocenters. The zero-order valence-corrected chi connectivity index (χ0v) is 16.0. The number of hydrogen-bond donors (Lipinski definition) is 1. The van der Waals surface area contributed by atoms with Crippen LogP contribution >= 0.6 is 11.6 Å². The third-order valence-corrected chi connectivity index (χ3v) is 5.25. The van der Waals surface area contributed by atoms with Gasteiger partial charge in [-0.25, -0.2) is 0 Å². The minimum absolute atomic E-state index is 0.00582. The van der Waals surface area contributed by atoms with Gasteiger partial charge in [-0.3, -0.25) is 9.59 Å². The summed E-state index contributed by atoms with van der Waals surface area (Å²) in [5.41, 5.74) is 0.867. The highest BCUT2D eigenvalue weighted by atomic mass is 35.5. The number of amides is 2. The summed E-state index contributed by atoms with van der Waals surface area (Å²) in [4.78, 5) is 27.0. The van der Waals surface area contributed by atoms with Crippen molar-refractivity contribution in [1.29, 1.82) is 0 Å². The highest BCUT2D eigenvalue weighted by Crippen LogP contribution is 2.21.